The van der Waals surface area contributed by atoms with Gasteiger partial charge in [-0.25, -0.2) is 9.37 Å². The van der Waals surface area contributed by atoms with Crippen LogP contribution in [0, 0.1) is 5.82 Å². The molecular formula is C16H12ClFN2. The molecule has 2 nitrogen and oxygen atoms in total. The van der Waals surface area contributed by atoms with Gasteiger partial charge in [-0.1, -0.05) is 18.5 Å². The summed E-state index contributed by atoms with van der Waals surface area (Å²) in [4.78, 5) is 8.74. The van der Waals surface area contributed by atoms with Gasteiger partial charge in [-0.15, -0.1) is 0 Å². The maximum atomic E-state index is 13.4. The lowest BCUT2D eigenvalue weighted by Crippen LogP contribution is -1.96. The van der Waals surface area contributed by atoms with E-state index in [0.717, 1.165) is 23.2 Å². The third kappa shape index (κ3) is 2.14. The fourth-order valence-corrected chi connectivity index (χ4v) is 2.67. The summed E-state index contributed by atoms with van der Waals surface area (Å²) in [7, 11) is 0. The SMILES string of the molecule is CCc1c(-c2cccnc2)nc2ccc(F)cc2c1Cl. The molecule has 0 N–H and O–H groups in total. The molecule has 2 aromatic heterocycles. The van der Waals surface area contributed by atoms with Crippen LogP contribution < -0.4 is 0 Å². The summed E-state index contributed by atoms with van der Waals surface area (Å²) in [5, 5.41) is 1.21. The van der Waals surface area contributed by atoms with Crippen LogP contribution >= 0.6 is 11.6 Å². The first-order valence-electron chi connectivity index (χ1n) is 6.38. The summed E-state index contributed by atoms with van der Waals surface area (Å²) in [6, 6.07) is 8.27. The van der Waals surface area contributed by atoms with Crippen LogP contribution in [0.15, 0.2) is 42.7 Å². The molecule has 3 rings (SSSR count). The fourth-order valence-electron chi connectivity index (χ4n) is 2.30. The molecule has 0 amide bonds. The Labute approximate surface area is 121 Å². The van der Waals surface area contributed by atoms with Crippen LogP contribution in [0.2, 0.25) is 5.02 Å². The maximum Gasteiger partial charge on any atom is 0.124 e. The molecule has 20 heavy (non-hydrogen) atoms. The van der Waals surface area contributed by atoms with Crippen molar-refractivity contribution in [3.05, 3.63) is 59.1 Å². The maximum absolute atomic E-state index is 13.4. The molecule has 2 heterocycles. The van der Waals surface area contributed by atoms with Crippen molar-refractivity contribution < 1.29 is 4.39 Å². The molecule has 0 radical (unpaired) electrons. The van der Waals surface area contributed by atoms with E-state index < -0.39 is 0 Å². The number of fused-ring (bicyclic) bond motifs is 1. The first-order chi connectivity index (χ1) is 9.70. The van der Waals surface area contributed by atoms with Crippen molar-refractivity contribution in [1.29, 1.82) is 0 Å². The third-order valence-corrected chi connectivity index (χ3v) is 3.70. The van der Waals surface area contributed by atoms with Gasteiger partial charge < -0.3 is 0 Å². The predicted octanol–water partition coefficient (Wildman–Crippen LogP) is 4.65. The summed E-state index contributed by atoms with van der Waals surface area (Å²) < 4.78 is 13.4. The third-order valence-electron chi connectivity index (χ3n) is 3.27. The molecule has 0 saturated carbocycles. The number of pyridine rings is 2. The lowest BCUT2D eigenvalue weighted by atomic mass is 10.0. The van der Waals surface area contributed by atoms with Gasteiger partial charge in [0.15, 0.2) is 0 Å². The zero-order chi connectivity index (χ0) is 14.1. The van der Waals surface area contributed by atoms with Gasteiger partial charge in [0.1, 0.15) is 5.82 Å². The lowest BCUT2D eigenvalue weighted by molar-refractivity contribution is 0.629. The minimum Gasteiger partial charge on any atom is -0.264 e. The van der Waals surface area contributed by atoms with E-state index in [1.54, 1.807) is 18.5 Å². The molecule has 4 heteroatoms. The van der Waals surface area contributed by atoms with E-state index in [4.69, 9.17) is 11.6 Å². The topological polar surface area (TPSA) is 25.8 Å². The Morgan fingerprint density at radius 3 is 2.80 bits per heavy atom. The first kappa shape index (κ1) is 13.0. The molecule has 3 aromatic rings. The number of aromatic nitrogens is 2. The summed E-state index contributed by atoms with van der Waals surface area (Å²) in [6.07, 6.45) is 4.20. The van der Waals surface area contributed by atoms with Crippen molar-refractivity contribution in [2.24, 2.45) is 0 Å². The van der Waals surface area contributed by atoms with Crippen molar-refractivity contribution in [2.75, 3.05) is 0 Å². The Morgan fingerprint density at radius 2 is 2.10 bits per heavy atom. The van der Waals surface area contributed by atoms with Crippen LogP contribution in [0.25, 0.3) is 22.2 Å². The van der Waals surface area contributed by atoms with Crippen molar-refractivity contribution in [3.63, 3.8) is 0 Å². The van der Waals surface area contributed by atoms with Crippen molar-refractivity contribution in [1.82, 2.24) is 9.97 Å². The summed E-state index contributed by atoms with van der Waals surface area (Å²) in [6.45, 7) is 2.01. The Hall–Kier alpha value is -2.00. The molecule has 1 aromatic carbocycles. The predicted molar refractivity (Wildman–Crippen MR) is 79.3 cm³/mol. The highest BCUT2D eigenvalue weighted by atomic mass is 35.5. The van der Waals surface area contributed by atoms with Crippen LogP contribution in [0.1, 0.15) is 12.5 Å². The Balaban J connectivity index is 2.35. The van der Waals surface area contributed by atoms with Gasteiger partial charge in [-0.2, -0.15) is 0 Å². The molecular weight excluding hydrogens is 275 g/mol. The van der Waals surface area contributed by atoms with Crippen LogP contribution in [-0.4, -0.2) is 9.97 Å². The van der Waals surface area contributed by atoms with Crippen LogP contribution in [0.3, 0.4) is 0 Å². The minimum atomic E-state index is -0.308. The monoisotopic (exact) mass is 286 g/mol. The molecule has 0 saturated heterocycles. The Morgan fingerprint density at radius 1 is 1.25 bits per heavy atom. The van der Waals surface area contributed by atoms with Gasteiger partial charge in [0.05, 0.1) is 16.2 Å². The minimum absolute atomic E-state index is 0.308. The van der Waals surface area contributed by atoms with Gasteiger partial charge in [0.25, 0.3) is 0 Å². The van der Waals surface area contributed by atoms with E-state index in [-0.39, 0.29) is 5.82 Å². The number of hydrogen-bond acceptors (Lipinski definition) is 2. The van der Waals surface area contributed by atoms with E-state index in [1.807, 2.05) is 19.1 Å². The fraction of sp³-hybridized carbons (Fsp3) is 0.125. The second kappa shape index (κ2) is 5.17. The Kier molecular flexibility index (Phi) is 3.36. The van der Waals surface area contributed by atoms with Gasteiger partial charge >= 0.3 is 0 Å². The second-order valence-corrected chi connectivity index (χ2v) is 4.89. The van der Waals surface area contributed by atoms with Crippen molar-refractivity contribution in [2.45, 2.75) is 13.3 Å². The first-order valence-corrected chi connectivity index (χ1v) is 6.76. The molecule has 0 fully saturated rings. The van der Waals surface area contributed by atoms with Crippen LogP contribution in [0.5, 0.6) is 0 Å². The standard InChI is InChI=1S/C16H12ClFN2/c1-2-12-15(17)13-8-11(18)5-6-14(13)20-16(12)10-4-3-7-19-9-10/h3-9H,2H2,1H3. The van der Waals surface area contributed by atoms with E-state index in [1.165, 1.54) is 12.1 Å². The smallest absolute Gasteiger partial charge is 0.124 e. The van der Waals surface area contributed by atoms with E-state index in [9.17, 15) is 4.39 Å². The number of rotatable bonds is 2. The molecule has 0 atom stereocenters. The van der Waals surface area contributed by atoms with Crippen molar-refractivity contribution >= 4 is 22.5 Å². The normalized spacial score (nSPS) is 10.9. The number of halogens is 2. The van der Waals surface area contributed by atoms with Crippen LogP contribution in [0.4, 0.5) is 4.39 Å². The van der Waals surface area contributed by atoms with Gasteiger partial charge in [-0.05, 0) is 42.3 Å². The average molecular weight is 287 g/mol. The molecule has 0 aliphatic carbocycles. The average Bonchev–Trinajstić information content (AvgIpc) is 2.48. The van der Waals surface area contributed by atoms with Crippen LogP contribution in [-0.2, 0) is 6.42 Å². The highest BCUT2D eigenvalue weighted by Gasteiger charge is 2.14. The second-order valence-electron chi connectivity index (χ2n) is 4.51. The largest absolute Gasteiger partial charge is 0.264 e. The number of hydrogen-bond donors (Lipinski definition) is 0. The molecule has 0 unspecified atom stereocenters. The van der Waals surface area contributed by atoms with E-state index in [2.05, 4.69) is 9.97 Å². The zero-order valence-corrected chi connectivity index (χ0v) is 11.7. The lowest BCUT2D eigenvalue weighted by Gasteiger charge is -2.12. The van der Waals surface area contributed by atoms with E-state index in [0.29, 0.717) is 15.9 Å². The highest BCUT2D eigenvalue weighted by molar-refractivity contribution is 6.36. The quantitative estimate of drug-likeness (QED) is 0.685. The highest BCUT2D eigenvalue weighted by Crippen LogP contribution is 2.33. The summed E-state index contributed by atoms with van der Waals surface area (Å²) >= 11 is 6.44. The molecule has 0 bridgehead atoms. The zero-order valence-electron chi connectivity index (χ0n) is 10.9. The molecule has 0 aliphatic rings. The molecule has 0 aliphatic heterocycles. The van der Waals surface area contributed by atoms with Gasteiger partial charge in [0.2, 0.25) is 0 Å². The summed E-state index contributed by atoms with van der Waals surface area (Å²) in [5.41, 5.74) is 3.33. The van der Waals surface area contributed by atoms with Gasteiger partial charge in [0, 0.05) is 23.3 Å². The number of benzene rings is 1. The molecule has 0 spiro atoms. The molecule has 100 valence electrons. The summed E-state index contributed by atoms with van der Waals surface area (Å²) in [5.74, 6) is -0.308. The van der Waals surface area contributed by atoms with E-state index >= 15 is 0 Å². The van der Waals surface area contributed by atoms with Crippen molar-refractivity contribution in [3.8, 4) is 11.3 Å². The number of nitrogens with zero attached hydrogens (tertiary/aromatic N) is 2. The van der Waals surface area contributed by atoms with Gasteiger partial charge in [-0.3, -0.25) is 4.98 Å². The Bertz CT molecular complexity index is 772.